The lowest BCUT2D eigenvalue weighted by Gasteiger charge is -2.44. The van der Waals surface area contributed by atoms with Crippen molar-refractivity contribution in [3.05, 3.63) is 0 Å². The molecule has 0 N–H and O–H groups in total. The Morgan fingerprint density at radius 3 is 2.00 bits per heavy atom. The van der Waals surface area contributed by atoms with Crippen LogP contribution in [0.3, 0.4) is 0 Å². The first-order valence-electron chi connectivity index (χ1n) is 8.02. The molecule has 1 aliphatic heterocycles. The first kappa shape index (κ1) is 13.6. The topological polar surface area (TPSA) is 26.3 Å². The smallest absolute Gasteiger partial charge is 0.133 e. The monoisotopic (exact) mass is 264 g/mol. The number of hydrogen-bond acceptors (Lipinski definition) is 2. The summed E-state index contributed by atoms with van der Waals surface area (Å²) in [5.41, 5.74) is 1.42. The standard InChI is InChI=1S/C17H28O2/c1-15(5-6-15)7-9-17(12-19-13-17)10-8-16(2)4-3-14(18)11-16/h3-13H2,1-2H3/t16-/m1/s1. The molecular formula is C17H28O2. The summed E-state index contributed by atoms with van der Waals surface area (Å²) in [6.07, 6.45) is 10.8. The normalized spacial score (nSPS) is 35.2. The molecule has 0 spiro atoms. The maximum absolute atomic E-state index is 11.5. The second-order valence-electron chi connectivity index (χ2n) is 8.33. The lowest BCUT2D eigenvalue weighted by molar-refractivity contribution is -0.129. The van der Waals surface area contributed by atoms with Crippen LogP contribution >= 0.6 is 0 Å². The van der Waals surface area contributed by atoms with Crippen LogP contribution in [-0.2, 0) is 9.53 Å². The zero-order valence-electron chi connectivity index (χ0n) is 12.6. The Hall–Kier alpha value is -0.370. The van der Waals surface area contributed by atoms with E-state index >= 15 is 0 Å². The zero-order chi connectivity index (χ0) is 13.6. The molecule has 0 amide bonds. The SMILES string of the molecule is CC1(CCC2(CC[C@@]3(C)CCC(=O)C3)COC2)CC1. The Labute approximate surface area is 117 Å². The van der Waals surface area contributed by atoms with E-state index in [2.05, 4.69) is 13.8 Å². The molecule has 19 heavy (non-hydrogen) atoms. The fourth-order valence-corrected chi connectivity index (χ4v) is 3.71. The van der Waals surface area contributed by atoms with Crippen LogP contribution in [-0.4, -0.2) is 19.0 Å². The van der Waals surface area contributed by atoms with Crippen LogP contribution in [0.4, 0.5) is 0 Å². The number of rotatable bonds is 6. The number of hydrogen-bond donors (Lipinski definition) is 0. The molecule has 0 aromatic heterocycles. The molecule has 1 saturated heterocycles. The van der Waals surface area contributed by atoms with Gasteiger partial charge in [0.15, 0.2) is 0 Å². The summed E-state index contributed by atoms with van der Waals surface area (Å²) in [5.74, 6) is 0.479. The first-order chi connectivity index (χ1) is 8.93. The highest BCUT2D eigenvalue weighted by atomic mass is 16.5. The third-order valence-corrected chi connectivity index (χ3v) is 6.07. The molecule has 1 atom stereocenters. The minimum absolute atomic E-state index is 0.295. The molecule has 2 heteroatoms. The lowest BCUT2D eigenvalue weighted by Crippen LogP contribution is -2.43. The third kappa shape index (κ3) is 3.04. The predicted molar refractivity (Wildman–Crippen MR) is 76.0 cm³/mol. The molecule has 0 unspecified atom stereocenters. The van der Waals surface area contributed by atoms with E-state index in [1.54, 1.807) is 0 Å². The van der Waals surface area contributed by atoms with Gasteiger partial charge < -0.3 is 4.74 Å². The van der Waals surface area contributed by atoms with Crippen molar-refractivity contribution >= 4 is 5.78 Å². The average molecular weight is 264 g/mol. The fourth-order valence-electron chi connectivity index (χ4n) is 3.71. The van der Waals surface area contributed by atoms with Crippen molar-refractivity contribution < 1.29 is 9.53 Å². The van der Waals surface area contributed by atoms with Gasteiger partial charge in [0.05, 0.1) is 13.2 Å². The zero-order valence-corrected chi connectivity index (χ0v) is 12.6. The van der Waals surface area contributed by atoms with Crippen molar-refractivity contribution in [2.75, 3.05) is 13.2 Å². The minimum atomic E-state index is 0.295. The molecule has 3 fully saturated rings. The van der Waals surface area contributed by atoms with Gasteiger partial charge in [-0.1, -0.05) is 13.8 Å². The molecule has 1 heterocycles. The van der Waals surface area contributed by atoms with Crippen molar-refractivity contribution in [1.29, 1.82) is 0 Å². The van der Waals surface area contributed by atoms with Gasteiger partial charge >= 0.3 is 0 Å². The van der Waals surface area contributed by atoms with E-state index in [0.717, 1.165) is 32.5 Å². The predicted octanol–water partition coefficient (Wildman–Crippen LogP) is 4.12. The van der Waals surface area contributed by atoms with Crippen molar-refractivity contribution in [1.82, 2.24) is 0 Å². The van der Waals surface area contributed by atoms with Crippen LogP contribution in [0.5, 0.6) is 0 Å². The number of ketones is 1. The van der Waals surface area contributed by atoms with Crippen LogP contribution in [0.15, 0.2) is 0 Å². The Bertz CT molecular complexity index is 365. The Balaban J connectivity index is 1.50. The quantitative estimate of drug-likeness (QED) is 0.721. The van der Waals surface area contributed by atoms with E-state index < -0.39 is 0 Å². The molecule has 108 valence electrons. The summed E-state index contributed by atoms with van der Waals surface area (Å²) in [5, 5.41) is 0. The van der Waals surface area contributed by atoms with E-state index in [4.69, 9.17) is 4.74 Å². The Morgan fingerprint density at radius 1 is 0.947 bits per heavy atom. The highest BCUT2D eigenvalue weighted by molar-refractivity contribution is 5.81. The van der Waals surface area contributed by atoms with Gasteiger partial charge in [-0.25, -0.2) is 0 Å². The van der Waals surface area contributed by atoms with Gasteiger partial charge in [0.2, 0.25) is 0 Å². The van der Waals surface area contributed by atoms with Gasteiger partial charge in [-0.15, -0.1) is 0 Å². The van der Waals surface area contributed by atoms with Crippen LogP contribution in [0.1, 0.15) is 71.6 Å². The molecule has 0 aromatic carbocycles. The maximum Gasteiger partial charge on any atom is 0.133 e. The molecule has 3 rings (SSSR count). The van der Waals surface area contributed by atoms with E-state index in [9.17, 15) is 4.79 Å². The highest BCUT2D eigenvalue weighted by Crippen LogP contribution is 2.53. The number of ether oxygens (including phenoxy) is 1. The van der Waals surface area contributed by atoms with Crippen molar-refractivity contribution in [2.45, 2.75) is 71.6 Å². The largest absolute Gasteiger partial charge is 0.380 e. The third-order valence-electron chi connectivity index (χ3n) is 6.07. The highest BCUT2D eigenvalue weighted by Gasteiger charge is 2.45. The molecule has 2 aliphatic carbocycles. The van der Waals surface area contributed by atoms with Crippen molar-refractivity contribution in [2.24, 2.45) is 16.2 Å². The van der Waals surface area contributed by atoms with Gasteiger partial charge in [-0.05, 0) is 55.8 Å². The maximum atomic E-state index is 11.5. The van der Waals surface area contributed by atoms with Crippen molar-refractivity contribution in [3.63, 3.8) is 0 Å². The average Bonchev–Trinajstić information content (AvgIpc) is 2.94. The summed E-state index contributed by atoms with van der Waals surface area (Å²) < 4.78 is 5.53. The van der Waals surface area contributed by atoms with Crippen molar-refractivity contribution in [3.8, 4) is 0 Å². The van der Waals surface area contributed by atoms with E-state index in [1.807, 2.05) is 0 Å². The van der Waals surface area contributed by atoms with E-state index in [1.165, 1.54) is 38.5 Å². The molecule has 2 nitrogen and oxygen atoms in total. The molecule has 0 bridgehead atoms. The van der Waals surface area contributed by atoms with Gasteiger partial charge in [0.1, 0.15) is 5.78 Å². The summed E-state index contributed by atoms with van der Waals surface area (Å²) >= 11 is 0. The van der Waals surface area contributed by atoms with Crippen LogP contribution in [0.25, 0.3) is 0 Å². The van der Waals surface area contributed by atoms with Crippen LogP contribution in [0, 0.1) is 16.2 Å². The van der Waals surface area contributed by atoms with Gasteiger partial charge in [0, 0.05) is 18.3 Å². The second kappa shape index (κ2) is 4.58. The molecule has 0 aromatic rings. The summed E-state index contributed by atoms with van der Waals surface area (Å²) in [6, 6.07) is 0. The van der Waals surface area contributed by atoms with Gasteiger partial charge in [-0.2, -0.15) is 0 Å². The fraction of sp³-hybridized carbons (Fsp3) is 0.941. The van der Waals surface area contributed by atoms with Gasteiger partial charge in [-0.3, -0.25) is 4.79 Å². The number of carbonyl (C=O) groups excluding carboxylic acids is 1. The number of Topliss-reactive ketones (excluding diaryl/α,β-unsaturated/α-hetero) is 1. The summed E-state index contributed by atoms with van der Waals surface area (Å²) in [6.45, 7) is 6.67. The second-order valence-corrected chi connectivity index (χ2v) is 8.33. The molecule has 3 aliphatic rings. The van der Waals surface area contributed by atoms with E-state index in [-0.39, 0.29) is 0 Å². The Morgan fingerprint density at radius 2 is 1.58 bits per heavy atom. The minimum Gasteiger partial charge on any atom is -0.380 e. The Kier molecular flexibility index (Phi) is 3.28. The molecule has 0 radical (unpaired) electrons. The van der Waals surface area contributed by atoms with E-state index in [0.29, 0.717) is 22.0 Å². The summed E-state index contributed by atoms with van der Waals surface area (Å²) in [7, 11) is 0. The first-order valence-corrected chi connectivity index (χ1v) is 8.02. The lowest BCUT2D eigenvalue weighted by atomic mass is 9.71. The van der Waals surface area contributed by atoms with Gasteiger partial charge in [0.25, 0.3) is 0 Å². The molecule has 2 saturated carbocycles. The molecular weight excluding hydrogens is 236 g/mol. The van der Waals surface area contributed by atoms with Crippen LogP contribution < -0.4 is 0 Å². The summed E-state index contributed by atoms with van der Waals surface area (Å²) in [4.78, 5) is 11.5. The van der Waals surface area contributed by atoms with Crippen LogP contribution in [0.2, 0.25) is 0 Å². The number of carbonyl (C=O) groups is 1.